The van der Waals surface area contributed by atoms with Gasteiger partial charge in [0.25, 0.3) is 0 Å². The highest BCUT2D eigenvalue weighted by atomic mass is 16.1. The predicted octanol–water partition coefficient (Wildman–Crippen LogP) is 2.50. The summed E-state index contributed by atoms with van der Waals surface area (Å²) in [5.74, 6) is 0.413. The fourth-order valence-corrected chi connectivity index (χ4v) is 3.70. The van der Waals surface area contributed by atoms with E-state index in [1.165, 1.54) is 5.56 Å². The second-order valence-electron chi connectivity index (χ2n) is 7.60. The van der Waals surface area contributed by atoms with Crippen molar-refractivity contribution in [3.05, 3.63) is 71.3 Å². The van der Waals surface area contributed by atoms with Crippen molar-refractivity contribution in [2.45, 2.75) is 45.4 Å². The number of aliphatic imine (C=N–C) groups is 1. The van der Waals surface area contributed by atoms with Gasteiger partial charge in [0.05, 0.1) is 6.54 Å². The van der Waals surface area contributed by atoms with Crippen molar-refractivity contribution in [1.82, 2.24) is 15.5 Å². The molecule has 2 atom stereocenters. The SMILES string of the molecule is CCNC(=NCc1ccc(C(N)=O)cc1)NC1CC(C)N(Cc2ccccc2)C1. The van der Waals surface area contributed by atoms with E-state index in [0.29, 0.717) is 24.2 Å². The average Bonchev–Trinajstić information content (AvgIpc) is 3.06. The van der Waals surface area contributed by atoms with Crippen molar-refractivity contribution in [3.63, 3.8) is 0 Å². The van der Waals surface area contributed by atoms with Crippen LogP contribution in [0.2, 0.25) is 0 Å². The first-order chi connectivity index (χ1) is 14.0. The lowest BCUT2D eigenvalue weighted by molar-refractivity contribution is 0.100. The van der Waals surface area contributed by atoms with Gasteiger partial charge in [0.15, 0.2) is 5.96 Å². The predicted molar refractivity (Wildman–Crippen MR) is 118 cm³/mol. The first-order valence-corrected chi connectivity index (χ1v) is 10.3. The van der Waals surface area contributed by atoms with Crippen LogP contribution in [0.3, 0.4) is 0 Å². The molecule has 1 amide bonds. The molecule has 1 heterocycles. The standard InChI is InChI=1S/C23H31N5O/c1-3-25-23(26-14-18-9-11-20(12-10-18)22(24)29)27-21-13-17(2)28(16-21)15-19-7-5-4-6-8-19/h4-12,17,21H,3,13-16H2,1-2H3,(H2,24,29)(H2,25,26,27). The van der Waals surface area contributed by atoms with Gasteiger partial charge in [0, 0.05) is 37.3 Å². The molecular weight excluding hydrogens is 362 g/mol. The molecule has 0 bridgehead atoms. The molecule has 0 radical (unpaired) electrons. The van der Waals surface area contributed by atoms with Crippen molar-refractivity contribution >= 4 is 11.9 Å². The number of nitrogens with one attached hydrogen (secondary N) is 2. The molecule has 1 aliphatic rings. The number of primary amides is 1. The number of amides is 1. The third-order valence-corrected chi connectivity index (χ3v) is 5.28. The highest BCUT2D eigenvalue weighted by molar-refractivity contribution is 5.92. The lowest BCUT2D eigenvalue weighted by Gasteiger charge is -2.21. The summed E-state index contributed by atoms with van der Waals surface area (Å²) in [6, 6.07) is 18.8. The quantitative estimate of drug-likeness (QED) is 0.499. The van der Waals surface area contributed by atoms with Gasteiger partial charge >= 0.3 is 0 Å². The number of benzene rings is 2. The zero-order chi connectivity index (χ0) is 20.6. The van der Waals surface area contributed by atoms with E-state index in [-0.39, 0.29) is 0 Å². The monoisotopic (exact) mass is 393 g/mol. The maximum absolute atomic E-state index is 11.2. The molecule has 154 valence electrons. The van der Waals surface area contributed by atoms with Gasteiger partial charge < -0.3 is 16.4 Å². The first kappa shape index (κ1) is 20.9. The summed E-state index contributed by atoms with van der Waals surface area (Å²) in [6.45, 7) is 7.67. The molecule has 0 aromatic heterocycles. The Hall–Kier alpha value is -2.86. The molecule has 0 saturated carbocycles. The Bertz CT molecular complexity index is 819. The average molecular weight is 394 g/mol. The molecule has 1 aliphatic heterocycles. The van der Waals surface area contributed by atoms with E-state index in [1.807, 2.05) is 12.1 Å². The van der Waals surface area contributed by atoms with Crippen molar-refractivity contribution in [3.8, 4) is 0 Å². The molecule has 2 aromatic rings. The van der Waals surface area contributed by atoms with Gasteiger partial charge in [-0.25, -0.2) is 4.99 Å². The summed E-state index contributed by atoms with van der Waals surface area (Å²) in [7, 11) is 0. The highest BCUT2D eigenvalue weighted by Crippen LogP contribution is 2.20. The van der Waals surface area contributed by atoms with Crippen LogP contribution < -0.4 is 16.4 Å². The Morgan fingerprint density at radius 3 is 2.52 bits per heavy atom. The summed E-state index contributed by atoms with van der Waals surface area (Å²) in [5.41, 5.74) is 8.20. The number of hydrogen-bond donors (Lipinski definition) is 3. The molecule has 4 N–H and O–H groups in total. The smallest absolute Gasteiger partial charge is 0.248 e. The Morgan fingerprint density at radius 1 is 1.14 bits per heavy atom. The van der Waals surface area contributed by atoms with Gasteiger partial charge in [-0.2, -0.15) is 0 Å². The lowest BCUT2D eigenvalue weighted by atomic mass is 10.1. The first-order valence-electron chi connectivity index (χ1n) is 10.3. The molecule has 3 rings (SSSR count). The molecular formula is C23H31N5O. The number of carbonyl (C=O) groups excluding carboxylic acids is 1. The van der Waals surface area contributed by atoms with Crippen LogP contribution in [-0.2, 0) is 13.1 Å². The Labute approximate surface area is 173 Å². The molecule has 29 heavy (non-hydrogen) atoms. The Kier molecular flexibility index (Phi) is 7.25. The number of likely N-dealkylation sites (tertiary alicyclic amines) is 1. The zero-order valence-corrected chi connectivity index (χ0v) is 17.3. The van der Waals surface area contributed by atoms with Crippen LogP contribution in [0.1, 0.15) is 41.8 Å². The van der Waals surface area contributed by atoms with E-state index < -0.39 is 5.91 Å². The van der Waals surface area contributed by atoms with Crippen LogP contribution in [-0.4, -0.2) is 41.9 Å². The lowest BCUT2D eigenvalue weighted by Crippen LogP contribution is -2.44. The van der Waals surface area contributed by atoms with Crippen molar-refractivity contribution in [2.75, 3.05) is 13.1 Å². The fourth-order valence-electron chi connectivity index (χ4n) is 3.70. The minimum atomic E-state index is -0.412. The van der Waals surface area contributed by atoms with Gasteiger partial charge in [0.1, 0.15) is 0 Å². The van der Waals surface area contributed by atoms with E-state index in [4.69, 9.17) is 10.7 Å². The van der Waals surface area contributed by atoms with E-state index in [9.17, 15) is 4.79 Å². The number of guanidine groups is 1. The fraction of sp³-hybridized carbons (Fsp3) is 0.391. The van der Waals surface area contributed by atoms with Crippen molar-refractivity contribution < 1.29 is 4.79 Å². The summed E-state index contributed by atoms with van der Waals surface area (Å²) < 4.78 is 0. The van der Waals surface area contributed by atoms with Gasteiger partial charge in [-0.05, 0) is 43.5 Å². The summed E-state index contributed by atoms with van der Waals surface area (Å²) in [5, 5.41) is 6.92. The number of hydrogen-bond acceptors (Lipinski definition) is 3. The second kappa shape index (κ2) is 10.1. The highest BCUT2D eigenvalue weighted by Gasteiger charge is 2.29. The van der Waals surface area contributed by atoms with Crippen LogP contribution in [0.15, 0.2) is 59.6 Å². The number of nitrogens with zero attached hydrogens (tertiary/aromatic N) is 2. The summed E-state index contributed by atoms with van der Waals surface area (Å²) >= 11 is 0. The van der Waals surface area contributed by atoms with Gasteiger partial charge in [-0.1, -0.05) is 42.5 Å². The van der Waals surface area contributed by atoms with Crippen molar-refractivity contribution in [2.24, 2.45) is 10.7 Å². The zero-order valence-electron chi connectivity index (χ0n) is 17.3. The molecule has 2 unspecified atom stereocenters. The van der Waals surface area contributed by atoms with Crippen LogP contribution in [0.25, 0.3) is 0 Å². The minimum absolute atomic E-state index is 0.365. The Morgan fingerprint density at radius 2 is 1.86 bits per heavy atom. The number of rotatable bonds is 7. The third-order valence-electron chi connectivity index (χ3n) is 5.28. The third kappa shape index (κ3) is 6.06. The maximum Gasteiger partial charge on any atom is 0.248 e. The van der Waals surface area contributed by atoms with Crippen LogP contribution >= 0.6 is 0 Å². The van der Waals surface area contributed by atoms with E-state index in [2.05, 4.69) is 59.7 Å². The maximum atomic E-state index is 11.2. The summed E-state index contributed by atoms with van der Waals surface area (Å²) in [6.07, 6.45) is 1.09. The molecule has 1 fully saturated rings. The molecule has 6 heteroatoms. The van der Waals surface area contributed by atoms with Gasteiger partial charge in [-0.3, -0.25) is 9.69 Å². The van der Waals surface area contributed by atoms with E-state index in [0.717, 1.165) is 37.6 Å². The van der Waals surface area contributed by atoms with Crippen LogP contribution in [0.5, 0.6) is 0 Å². The molecule has 0 aliphatic carbocycles. The van der Waals surface area contributed by atoms with Crippen LogP contribution in [0, 0.1) is 0 Å². The largest absolute Gasteiger partial charge is 0.366 e. The van der Waals surface area contributed by atoms with Gasteiger partial charge in [0.2, 0.25) is 5.91 Å². The topological polar surface area (TPSA) is 82.7 Å². The minimum Gasteiger partial charge on any atom is -0.366 e. The second-order valence-corrected chi connectivity index (χ2v) is 7.60. The van der Waals surface area contributed by atoms with Gasteiger partial charge in [-0.15, -0.1) is 0 Å². The van der Waals surface area contributed by atoms with E-state index in [1.54, 1.807) is 12.1 Å². The molecule has 2 aromatic carbocycles. The normalized spacial score (nSPS) is 19.9. The summed E-state index contributed by atoms with van der Waals surface area (Å²) in [4.78, 5) is 18.4. The number of carbonyl (C=O) groups is 1. The van der Waals surface area contributed by atoms with E-state index >= 15 is 0 Å². The van der Waals surface area contributed by atoms with Crippen molar-refractivity contribution in [1.29, 1.82) is 0 Å². The molecule has 6 nitrogen and oxygen atoms in total. The Balaban J connectivity index is 1.58. The molecule has 0 spiro atoms. The molecule has 1 saturated heterocycles. The number of nitrogens with two attached hydrogens (primary N) is 1. The van der Waals surface area contributed by atoms with Crippen LogP contribution in [0.4, 0.5) is 0 Å².